The minimum Gasteiger partial charge on any atom is -0.366 e. The first-order valence-corrected chi connectivity index (χ1v) is 4.77. The fourth-order valence-electron chi connectivity index (χ4n) is 1.27. The molecule has 76 valence electrons. The molecule has 0 radical (unpaired) electrons. The minimum absolute atomic E-state index is 0.172. The third-order valence-electron chi connectivity index (χ3n) is 1.99. The van der Waals surface area contributed by atoms with Crippen molar-refractivity contribution in [2.75, 3.05) is 5.73 Å². The second-order valence-corrected chi connectivity index (χ2v) is 3.55. The van der Waals surface area contributed by atoms with Crippen molar-refractivity contribution in [3.63, 3.8) is 0 Å². The van der Waals surface area contributed by atoms with Gasteiger partial charge in [-0.3, -0.25) is 0 Å². The molecule has 4 nitrogen and oxygen atoms in total. The number of rotatable bonds is 1. The molecule has 0 spiro atoms. The van der Waals surface area contributed by atoms with E-state index >= 15 is 0 Å². The molecule has 0 aliphatic carbocycles. The van der Waals surface area contributed by atoms with Crippen LogP contribution in [0.1, 0.15) is 5.69 Å². The van der Waals surface area contributed by atoms with Crippen LogP contribution in [0.4, 0.5) is 5.95 Å². The van der Waals surface area contributed by atoms with E-state index in [1.54, 1.807) is 12.1 Å². The highest BCUT2D eigenvalue weighted by Gasteiger charge is 2.05. The topological polar surface area (TPSA) is 64.7 Å². The Morgan fingerprint density at radius 1 is 1.13 bits per heavy atom. The molecule has 0 saturated heterocycles. The molecule has 2 rings (SSSR count). The van der Waals surface area contributed by atoms with Crippen molar-refractivity contribution in [2.24, 2.45) is 0 Å². The van der Waals surface area contributed by atoms with Gasteiger partial charge in [0, 0.05) is 10.6 Å². The zero-order chi connectivity index (χ0) is 10.8. The van der Waals surface area contributed by atoms with E-state index in [1.165, 1.54) is 0 Å². The van der Waals surface area contributed by atoms with Crippen molar-refractivity contribution < 1.29 is 0 Å². The van der Waals surface area contributed by atoms with Crippen molar-refractivity contribution in [3.05, 3.63) is 35.0 Å². The summed E-state index contributed by atoms with van der Waals surface area (Å²) in [5, 5.41) is 8.27. The zero-order valence-corrected chi connectivity index (χ0v) is 8.86. The van der Waals surface area contributed by atoms with Crippen LogP contribution in [0.2, 0.25) is 5.02 Å². The lowest BCUT2D eigenvalue weighted by Crippen LogP contribution is -2.01. The largest absolute Gasteiger partial charge is 0.366 e. The maximum absolute atomic E-state index is 5.80. The molecule has 2 aromatic rings. The summed E-state index contributed by atoms with van der Waals surface area (Å²) in [5.74, 6) is 0.172. The predicted octanol–water partition coefficient (Wildman–Crippen LogP) is 2.08. The van der Waals surface area contributed by atoms with Gasteiger partial charge >= 0.3 is 0 Å². The zero-order valence-electron chi connectivity index (χ0n) is 8.11. The molecule has 15 heavy (non-hydrogen) atoms. The second kappa shape index (κ2) is 3.82. The number of aryl methyl sites for hydroxylation is 1. The summed E-state index contributed by atoms with van der Waals surface area (Å²) in [6.07, 6.45) is 0. The van der Waals surface area contributed by atoms with Gasteiger partial charge in [0.15, 0.2) is 0 Å². The summed E-state index contributed by atoms with van der Waals surface area (Å²) >= 11 is 5.80. The summed E-state index contributed by atoms with van der Waals surface area (Å²) < 4.78 is 0. The van der Waals surface area contributed by atoms with E-state index < -0.39 is 0 Å². The number of nitrogen functional groups attached to an aromatic ring is 1. The van der Waals surface area contributed by atoms with Gasteiger partial charge in [0.1, 0.15) is 0 Å². The molecule has 1 aromatic carbocycles. The summed E-state index contributed by atoms with van der Waals surface area (Å²) in [6, 6.07) is 7.35. The first kappa shape index (κ1) is 9.86. The van der Waals surface area contributed by atoms with Gasteiger partial charge in [-0.2, -0.15) is 0 Å². The Bertz CT molecular complexity index is 481. The number of halogens is 1. The lowest BCUT2D eigenvalue weighted by molar-refractivity contribution is 0.945. The van der Waals surface area contributed by atoms with Crippen LogP contribution >= 0.6 is 11.6 Å². The average Bonchev–Trinajstić information content (AvgIpc) is 2.23. The molecule has 0 amide bonds. The number of benzene rings is 1. The monoisotopic (exact) mass is 220 g/mol. The maximum atomic E-state index is 5.80. The maximum Gasteiger partial charge on any atom is 0.240 e. The SMILES string of the molecule is Cc1nnc(N)nc1-c1ccc(Cl)cc1. The normalized spacial score (nSPS) is 10.3. The summed E-state index contributed by atoms with van der Waals surface area (Å²) in [7, 11) is 0. The van der Waals surface area contributed by atoms with Crippen molar-refractivity contribution in [1.82, 2.24) is 15.2 Å². The smallest absolute Gasteiger partial charge is 0.240 e. The molecular weight excluding hydrogens is 212 g/mol. The van der Waals surface area contributed by atoms with Gasteiger partial charge in [0.2, 0.25) is 5.95 Å². The minimum atomic E-state index is 0.172. The van der Waals surface area contributed by atoms with E-state index in [-0.39, 0.29) is 5.95 Å². The average molecular weight is 221 g/mol. The van der Waals surface area contributed by atoms with E-state index in [0.29, 0.717) is 5.02 Å². The molecule has 0 saturated carbocycles. The lowest BCUT2D eigenvalue weighted by Gasteiger charge is -2.03. The standard InChI is InChI=1S/C10H9ClN4/c1-6-9(13-10(12)15-14-6)7-2-4-8(11)5-3-7/h2-5H,1H3,(H2,12,13,15). The third kappa shape index (κ3) is 2.05. The highest BCUT2D eigenvalue weighted by Crippen LogP contribution is 2.21. The predicted molar refractivity (Wildman–Crippen MR) is 59.4 cm³/mol. The first-order valence-electron chi connectivity index (χ1n) is 4.39. The molecule has 2 N–H and O–H groups in total. The second-order valence-electron chi connectivity index (χ2n) is 3.11. The summed E-state index contributed by atoms with van der Waals surface area (Å²) in [5.41, 5.74) is 7.89. The molecule has 0 atom stereocenters. The fourth-order valence-corrected chi connectivity index (χ4v) is 1.40. The van der Waals surface area contributed by atoms with Gasteiger partial charge in [-0.05, 0) is 19.1 Å². The third-order valence-corrected chi connectivity index (χ3v) is 2.24. The molecule has 0 fully saturated rings. The summed E-state index contributed by atoms with van der Waals surface area (Å²) in [4.78, 5) is 4.13. The molecule has 0 bridgehead atoms. The number of aromatic nitrogens is 3. The van der Waals surface area contributed by atoms with Crippen molar-refractivity contribution in [1.29, 1.82) is 0 Å². The van der Waals surface area contributed by atoms with Gasteiger partial charge in [0.05, 0.1) is 11.4 Å². The Morgan fingerprint density at radius 3 is 2.47 bits per heavy atom. The number of hydrogen-bond donors (Lipinski definition) is 1. The Kier molecular flexibility index (Phi) is 2.51. The van der Waals surface area contributed by atoms with Gasteiger partial charge < -0.3 is 5.73 Å². The number of nitrogens with two attached hydrogens (primary N) is 1. The van der Waals surface area contributed by atoms with Crippen LogP contribution in [-0.2, 0) is 0 Å². The van der Waals surface area contributed by atoms with Gasteiger partial charge in [-0.25, -0.2) is 4.98 Å². The van der Waals surface area contributed by atoms with Crippen LogP contribution in [0.25, 0.3) is 11.3 Å². The van der Waals surface area contributed by atoms with Crippen molar-refractivity contribution >= 4 is 17.5 Å². The van der Waals surface area contributed by atoms with Gasteiger partial charge in [-0.15, -0.1) is 10.2 Å². The molecule has 1 heterocycles. The van der Waals surface area contributed by atoms with Crippen LogP contribution in [0.15, 0.2) is 24.3 Å². The van der Waals surface area contributed by atoms with E-state index in [1.807, 2.05) is 19.1 Å². The Morgan fingerprint density at radius 2 is 1.80 bits per heavy atom. The van der Waals surface area contributed by atoms with E-state index in [0.717, 1.165) is 17.0 Å². The Hall–Kier alpha value is -1.68. The fraction of sp³-hybridized carbons (Fsp3) is 0.100. The molecule has 1 aromatic heterocycles. The highest BCUT2D eigenvalue weighted by molar-refractivity contribution is 6.30. The van der Waals surface area contributed by atoms with Crippen LogP contribution in [-0.4, -0.2) is 15.2 Å². The van der Waals surface area contributed by atoms with Crippen molar-refractivity contribution in [3.8, 4) is 11.3 Å². The first-order chi connectivity index (χ1) is 7.16. The van der Waals surface area contributed by atoms with Crippen LogP contribution in [0.3, 0.4) is 0 Å². The van der Waals surface area contributed by atoms with Crippen LogP contribution < -0.4 is 5.73 Å². The number of anilines is 1. The number of hydrogen-bond acceptors (Lipinski definition) is 4. The summed E-state index contributed by atoms with van der Waals surface area (Å²) in [6.45, 7) is 1.84. The Labute approximate surface area is 92.1 Å². The van der Waals surface area contributed by atoms with E-state index in [2.05, 4.69) is 15.2 Å². The van der Waals surface area contributed by atoms with Crippen LogP contribution in [0, 0.1) is 6.92 Å². The highest BCUT2D eigenvalue weighted by atomic mass is 35.5. The van der Waals surface area contributed by atoms with Crippen molar-refractivity contribution in [2.45, 2.75) is 6.92 Å². The van der Waals surface area contributed by atoms with E-state index in [9.17, 15) is 0 Å². The quantitative estimate of drug-likeness (QED) is 0.799. The molecule has 0 aliphatic heterocycles. The molecule has 5 heteroatoms. The van der Waals surface area contributed by atoms with Gasteiger partial charge in [0.25, 0.3) is 0 Å². The van der Waals surface area contributed by atoms with Crippen LogP contribution in [0.5, 0.6) is 0 Å². The lowest BCUT2D eigenvalue weighted by atomic mass is 10.1. The molecular formula is C10H9ClN4. The van der Waals surface area contributed by atoms with Gasteiger partial charge in [-0.1, -0.05) is 23.7 Å². The Balaban J connectivity index is 2.53. The van der Waals surface area contributed by atoms with E-state index in [4.69, 9.17) is 17.3 Å². The molecule has 0 aliphatic rings. The number of nitrogens with zero attached hydrogens (tertiary/aromatic N) is 3. The molecule has 0 unspecified atom stereocenters.